The first kappa shape index (κ1) is 18.1. The van der Waals surface area contributed by atoms with Gasteiger partial charge in [-0.15, -0.1) is 0 Å². The van der Waals surface area contributed by atoms with Gasteiger partial charge in [0.05, 0.1) is 22.6 Å². The van der Waals surface area contributed by atoms with Crippen LogP contribution in [-0.4, -0.2) is 24.6 Å². The summed E-state index contributed by atoms with van der Waals surface area (Å²) in [6.07, 6.45) is 5.22. The number of hydrogen-bond donors (Lipinski definition) is 1. The van der Waals surface area contributed by atoms with Crippen LogP contribution in [0.15, 0.2) is 73.2 Å². The van der Waals surface area contributed by atoms with Crippen LogP contribution in [0.2, 0.25) is 0 Å². The Bertz CT molecular complexity index is 1360. The van der Waals surface area contributed by atoms with E-state index in [1.54, 1.807) is 18.5 Å². The van der Waals surface area contributed by atoms with Crippen LogP contribution in [0.25, 0.3) is 27.5 Å². The minimum absolute atomic E-state index is 0.0772. The first-order valence-corrected chi connectivity index (χ1v) is 9.78. The molecule has 0 bridgehead atoms. The van der Waals surface area contributed by atoms with Gasteiger partial charge in [-0.05, 0) is 60.0 Å². The normalized spacial score (nSPS) is 11.4. The van der Waals surface area contributed by atoms with Crippen LogP contribution < -0.4 is 4.74 Å². The summed E-state index contributed by atoms with van der Waals surface area (Å²) in [5.41, 5.74) is 4.04. The fraction of sp³-hybridized carbons (Fsp3) is 0.125. The molecule has 1 N–H and O–H groups in total. The molecule has 148 valence electrons. The van der Waals surface area contributed by atoms with Crippen molar-refractivity contribution in [1.29, 1.82) is 0 Å². The molecule has 5 aromatic rings. The average molecular weight is 396 g/mol. The van der Waals surface area contributed by atoms with Crippen LogP contribution in [0.4, 0.5) is 0 Å². The lowest BCUT2D eigenvalue weighted by atomic mass is 10.0. The number of rotatable bonds is 4. The summed E-state index contributed by atoms with van der Waals surface area (Å²) >= 11 is 0. The maximum Gasteiger partial charge on any atom is 0.325 e. The van der Waals surface area contributed by atoms with Gasteiger partial charge in [-0.2, -0.15) is 9.97 Å². The molecular weight excluding hydrogens is 376 g/mol. The Morgan fingerprint density at radius 3 is 2.60 bits per heavy atom. The summed E-state index contributed by atoms with van der Waals surface area (Å²) in [7, 11) is 0. The molecule has 0 fully saturated rings. The number of aromatic nitrogens is 4. The average Bonchev–Trinajstić information content (AvgIpc) is 3.17. The minimum Gasteiger partial charge on any atom is -0.493 e. The summed E-state index contributed by atoms with van der Waals surface area (Å²) in [5.74, 6) is 0.954. The molecule has 2 aromatic carbocycles. The Labute approximate surface area is 173 Å². The first-order chi connectivity index (χ1) is 14.6. The lowest BCUT2D eigenvalue weighted by Gasteiger charge is -2.10. The van der Waals surface area contributed by atoms with E-state index in [0.717, 1.165) is 11.2 Å². The van der Waals surface area contributed by atoms with Crippen LogP contribution in [-0.2, 0) is 0 Å². The quantitative estimate of drug-likeness (QED) is 0.429. The molecule has 3 aromatic heterocycles. The Morgan fingerprint density at radius 1 is 0.967 bits per heavy atom. The predicted molar refractivity (Wildman–Crippen MR) is 116 cm³/mol. The van der Waals surface area contributed by atoms with Gasteiger partial charge in [-0.25, -0.2) is 0 Å². The van der Waals surface area contributed by atoms with E-state index >= 15 is 0 Å². The molecule has 0 aliphatic heterocycles. The van der Waals surface area contributed by atoms with E-state index in [2.05, 4.69) is 63.8 Å². The van der Waals surface area contributed by atoms with E-state index in [-0.39, 0.29) is 11.9 Å². The Balaban J connectivity index is 1.43. The van der Waals surface area contributed by atoms with Crippen LogP contribution in [0, 0.1) is 0 Å². The maximum absolute atomic E-state index is 10.1. The molecule has 30 heavy (non-hydrogen) atoms. The highest BCUT2D eigenvalue weighted by atomic mass is 16.5. The summed E-state index contributed by atoms with van der Waals surface area (Å²) < 4.78 is 7.90. The van der Waals surface area contributed by atoms with Gasteiger partial charge in [0.25, 0.3) is 0 Å². The number of benzene rings is 2. The van der Waals surface area contributed by atoms with E-state index < -0.39 is 0 Å². The fourth-order valence-corrected chi connectivity index (χ4v) is 3.51. The predicted octanol–water partition coefficient (Wildman–Crippen LogP) is 5.59. The van der Waals surface area contributed by atoms with Crippen LogP contribution in [0.1, 0.15) is 25.3 Å². The van der Waals surface area contributed by atoms with Crippen molar-refractivity contribution in [3.63, 3.8) is 0 Å². The van der Waals surface area contributed by atoms with E-state index in [1.165, 1.54) is 10.9 Å². The molecule has 0 amide bonds. The lowest BCUT2D eigenvalue weighted by Crippen LogP contribution is -1.95. The number of ether oxygens (including phenoxy) is 1. The zero-order chi connectivity index (χ0) is 20.7. The molecule has 0 atom stereocenters. The van der Waals surface area contributed by atoms with Gasteiger partial charge in [-0.3, -0.25) is 4.98 Å². The van der Waals surface area contributed by atoms with Crippen LogP contribution in [0.3, 0.4) is 0 Å². The summed E-state index contributed by atoms with van der Waals surface area (Å²) in [5, 5.41) is 11.8. The van der Waals surface area contributed by atoms with Gasteiger partial charge in [0.15, 0.2) is 0 Å². The van der Waals surface area contributed by atoms with Gasteiger partial charge in [0.2, 0.25) is 5.88 Å². The number of aromatic hydroxyl groups is 1. The molecule has 0 saturated carbocycles. The summed E-state index contributed by atoms with van der Waals surface area (Å²) in [4.78, 5) is 12.3. The van der Waals surface area contributed by atoms with E-state index in [4.69, 9.17) is 4.74 Å². The third-order valence-electron chi connectivity index (χ3n) is 5.16. The standard InChI is InChI=1S/C24H20N4O2/c1-15(2)16-3-8-22-17(13-16)10-12-28(22)18-4-6-19(7-5-18)30-24-26-21-14-25-11-9-20(21)23(29)27-24/h3-15H,1-2H3,(H,26,27,29). The highest BCUT2D eigenvalue weighted by Crippen LogP contribution is 2.28. The largest absolute Gasteiger partial charge is 0.493 e. The molecule has 3 heterocycles. The molecule has 6 heteroatoms. The fourth-order valence-electron chi connectivity index (χ4n) is 3.51. The number of pyridine rings is 1. The molecule has 0 aliphatic rings. The van der Waals surface area contributed by atoms with Crippen LogP contribution in [0.5, 0.6) is 17.6 Å². The number of fused-ring (bicyclic) bond motifs is 2. The van der Waals surface area contributed by atoms with E-state index in [0.29, 0.717) is 22.6 Å². The molecular formula is C24H20N4O2. The Hall–Kier alpha value is -3.93. The zero-order valence-corrected chi connectivity index (χ0v) is 16.6. The van der Waals surface area contributed by atoms with Crippen molar-refractivity contribution in [3.8, 4) is 23.3 Å². The van der Waals surface area contributed by atoms with E-state index in [1.807, 2.05) is 24.3 Å². The maximum atomic E-state index is 10.1. The number of hydrogen-bond acceptors (Lipinski definition) is 5. The first-order valence-electron chi connectivity index (χ1n) is 9.78. The summed E-state index contributed by atoms with van der Waals surface area (Å²) in [6.45, 7) is 4.40. The molecule has 0 saturated heterocycles. The third kappa shape index (κ3) is 3.22. The number of nitrogens with zero attached hydrogens (tertiary/aromatic N) is 4. The highest BCUT2D eigenvalue weighted by molar-refractivity contribution is 5.83. The second kappa shape index (κ2) is 7.15. The molecule has 6 nitrogen and oxygen atoms in total. The second-order valence-corrected chi connectivity index (χ2v) is 7.48. The van der Waals surface area contributed by atoms with Crippen molar-refractivity contribution in [2.75, 3.05) is 0 Å². The van der Waals surface area contributed by atoms with Gasteiger partial charge >= 0.3 is 6.01 Å². The van der Waals surface area contributed by atoms with Crippen molar-refractivity contribution in [2.24, 2.45) is 0 Å². The Kier molecular flexibility index (Phi) is 4.32. The van der Waals surface area contributed by atoms with Gasteiger partial charge in [0, 0.05) is 23.5 Å². The van der Waals surface area contributed by atoms with Crippen molar-refractivity contribution < 1.29 is 9.84 Å². The van der Waals surface area contributed by atoms with Gasteiger partial charge in [0.1, 0.15) is 5.75 Å². The Morgan fingerprint density at radius 2 is 1.80 bits per heavy atom. The monoisotopic (exact) mass is 396 g/mol. The molecule has 0 unspecified atom stereocenters. The van der Waals surface area contributed by atoms with Crippen molar-refractivity contribution in [2.45, 2.75) is 19.8 Å². The summed E-state index contributed by atoms with van der Waals surface area (Å²) in [6, 6.07) is 18.1. The third-order valence-corrected chi connectivity index (χ3v) is 5.16. The molecule has 0 spiro atoms. The molecule has 0 radical (unpaired) electrons. The highest BCUT2D eigenvalue weighted by Gasteiger charge is 2.10. The van der Waals surface area contributed by atoms with E-state index in [9.17, 15) is 5.11 Å². The van der Waals surface area contributed by atoms with Crippen molar-refractivity contribution in [1.82, 2.24) is 19.5 Å². The SMILES string of the molecule is CC(C)c1ccc2c(ccn2-c2ccc(Oc3nc(O)c4ccncc4n3)cc2)c1. The topological polar surface area (TPSA) is 73.1 Å². The second-order valence-electron chi connectivity index (χ2n) is 7.48. The van der Waals surface area contributed by atoms with Crippen molar-refractivity contribution >= 4 is 21.8 Å². The van der Waals surface area contributed by atoms with Crippen LogP contribution >= 0.6 is 0 Å². The minimum atomic E-state index is -0.131. The smallest absolute Gasteiger partial charge is 0.325 e. The molecule has 5 rings (SSSR count). The lowest BCUT2D eigenvalue weighted by molar-refractivity contribution is 0.412. The van der Waals surface area contributed by atoms with Crippen molar-refractivity contribution in [3.05, 3.63) is 78.8 Å². The van der Waals surface area contributed by atoms with Gasteiger partial charge < -0.3 is 14.4 Å². The molecule has 0 aliphatic carbocycles. The zero-order valence-electron chi connectivity index (χ0n) is 16.6. The van der Waals surface area contributed by atoms with Gasteiger partial charge in [-0.1, -0.05) is 19.9 Å².